The number of urea groups is 1. The average Bonchev–Trinajstić information content (AvgIpc) is 3.29. The number of amides is 3. The van der Waals surface area contributed by atoms with E-state index in [1.165, 1.54) is 11.1 Å². The van der Waals surface area contributed by atoms with Gasteiger partial charge < -0.3 is 10.2 Å². The smallest absolute Gasteiger partial charge is 0.321 e. The van der Waals surface area contributed by atoms with E-state index in [2.05, 4.69) is 40.7 Å². The van der Waals surface area contributed by atoms with E-state index >= 15 is 0 Å². The number of fused-ring (bicyclic) bond motifs is 1. The van der Waals surface area contributed by atoms with E-state index in [-0.39, 0.29) is 24.0 Å². The van der Waals surface area contributed by atoms with Crippen molar-refractivity contribution >= 4 is 17.6 Å². The number of hydrogen-bond acceptors (Lipinski definition) is 3. The second-order valence-corrected chi connectivity index (χ2v) is 6.34. The molecule has 5 nitrogen and oxygen atoms in total. The summed E-state index contributed by atoms with van der Waals surface area (Å²) in [4.78, 5) is 26.1. The number of hydrogen-bond donors (Lipinski definition) is 2. The summed E-state index contributed by atoms with van der Waals surface area (Å²) >= 11 is 0. The van der Waals surface area contributed by atoms with Gasteiger partial charge in [-0.1, -0.05) is 17.7 Å². The number of nitrogens with zero attached hydrogens (tertiary/aromatic N) is 1. The molecule has 2 aliphatic rings. The standard InChI is InChI=1S/C17H23N3O2/c1-11-5-8-15-13(10-11)4-3-9-20(15)12(2)16(21)19-17(22)18-14-6-7-14/h5,8,10,12,14H,3-4,6-7,9H2,1-2H3,(H2,18,19,21,22). The summed E-state index contributed by atoms with van der Waals surface area (Å²) in [7, 11) is 0. The fourth-order valence-corrected chi connectivity index (χ4v) is 2.96. The van der Waals surface area contributed by atoms with Gasteiger partial charge in [-0.15, -0.1) is 0 Å². The van der Waals surface area contributed by atoms with Crippen molar-refractivity contribution in [3.05, 3.63) is 29.3 Å². The number of imide groups is 1. The number of anilines is 1. The molecule has 0 aromatic heterocycles. The maximum absolute atomic E-state index is 12.3. The molecular weight excluding hydrogens is 278 g/mol. The SMILES string of the molecule is Cc1ccc2c(c1)CCCN2C(C)C(=O)NC(=O)NC1CC1. The molecule has 1 aromatic rings. The van der Waals surface area contributed by atoms with E-state index in [0.29, 0.717) is 0 Å². The van der Waals surface area contributed by atoms with Crippen molar-refractivity contribution in [2.45, 2.75) is 51.6 Å². The molecule has 1 heterocycles. The van der Waals surface area contributed by atoms with Gasteiger partial charge in [-0.2, -0.15) is 0 Å². The van der Waals surface area contributed by atoms with Crippen molar-refractivity contribution in [3.8, 4) is 0 Å². The van der Waals surface area contributed by atoms with Gasteiger partial charge in [-0.3, -0.25) is 10.1 Å². The molecule has 1 saturated carbocycles. The zero-order valence-corrected chi connectivity index (χ0v) is 13.2. The first-order valence-electron chi connectivity index (χ1n) is 8.02. The summed E-state index contributed by atoms with van der Waals surface area (Å²) in [6.45, 7) is 4.78. The molecule has 1 aromatic carbocycles. The molecule has 1 unspecified atom stereocenters. The Morgan fingerprint density at radius 3 is 2.82 bits per heavy atom. The van der Waals surface area contributed by atoms with Crippen molar-refractivity contribution in [2.75, 3.05) is 11.4 Å². The van der Waals surface area contributed by atoms with E-state index in [1.54, 1.807) is 0 Å². The summed E-state index contributed by atoms with van der Waals surface area (Å²) in [5.41, 5.74) is 3.64. The molecular formula is C17H23N3O2. The lowest BCUT2D eigenvalue weighted by Gasteiger charge is -2.35. The molecule has 1 aliphatic heterocycles. The Balaban J connectivity index is 1.68. The first-order chi connectivity index (χ1) is 10.5. The van der Waals surface area contributed by atoms with Crippen LogP contribution in [0.4, 0.5) is 10.5 Å². The Hall–Kier alpha value is -2.04. The summed E-state index contributed by atoms with van der Waals surface area (Å²) in [5, 5.41) is 5.24. The zero-order valence-electron chi connectivity index (χ0n) is 13.2. The third kappa shape index (κ3) is 3.24. The Bertz CT molecular complexity index is 596. The van der Waals surface area contributed by atoms with Gasteiger partial charge in [0.05, 0.1) is 0 Å². The fourth-order valence-electron chi connectivity index (χ4n) is 2.96. The van der Waals surface area contributed by atoms with Gasteiger partial charge in [0.1, 0.15) is 6.04 Å². The molecule has 22 heavy (non-hydrogen) atoms. The Morgan fingerprint density at radius 1 is 1.32 bits per heavy atom. The predicted octanol–water partition coefficient (Wildman–Crippen LogP) is 2.12. The third-order valence-corrected chi connectivity index (χ3v) is 4.39. The van der Waals surface area contributed by atoms with Crippen LogP contribution in [0, 0.1) is 6.92 Å². The van der Waals surface area contributed by atoms with Crippen LogP contribution in [-0.2, 0) is 11.2 Å². The maximum Gasteiger partial charge on any atom is 0.321 e. The number of carbonyl (C=O) groups excluding carboxylic acids is 2. The molecule has 5 heteroatoms. The van der Waals surface area contributed by atoms with Gasteiger partial charge in [0.15, 0.2) is 0 Å². The van der Waals surface area contributed by atoms with Gasteiger partial charge in [0, 0.05) is 18.3 Å². The van der Waals surface area contributed by atoms with Crippen LogP contribution in [0.3, 0.4) is 0 Å². The largest absolute Gasteiger partial charge is 0.360 e. The molecule has 118 valence electrons. The first-order valence-corrected chi connectivity index (χ1v) is 8.02. The minimum absolute atomic E-state index is 0.244. The predicted molar refractivity (Wildman–Crippen MR) is 86.0 cm³/mol. The highest BCUT2D eigenvalue weighted by atomic mass is 16.2. The van der Waals surface area contributed by atoms with E-state index in [0.717, 1.165) is 37.9 Å². The van der Waals surface area contributed by atoms with Gasteiger partial charge in [-0.25, -0.2) is 4.79 Å². The second-order valence-electron chi connectivity index (χ2n) is 6.34. The van der Waals surface area contributed by atoms with Crippen LogP contribution in [0.5, 0.6) is 0 Å². The highest BCUT2D eigenvalue weighted by molar-refractivity contribution is 5.98. The van der Waals surface area contributed by atoms with Crippen molar-refractivity contribution in [1.29, 1.82) is 0 Å². The molecule has 1 fully saturated rings. The quantitative estimate of drug-likeness (QED) is 0.899. The molecule has 0 saturated heterocycles. The van der Waals surface area contributed by atoms with Gasteiger partial charge in [-0.05, 0) is 51.2 Å². The Morgan fingerprint density at radius 2 is 2.09 bits per heavy atom. The first kappa shape index (κ1) is 14.9. The monoisotopic (exact) mass is 301 g/mol. The van der Waals surface area contributed by atoms with Crippen molar-refractivity contribution in [1.82, 2.24) is 10.6 Å². The Kier molecular flexibility index (Phi) is 4.05. The van der Waals surface area contributed by atoms with Crippen LogP contribution in [-0.4, -0.2) is 30.6 Å². The zero-order chi connectivity index (χ0) is 15.7. The van der Waals surface area contributed by atoms with Crippen LogP contribution in [0.1, 0.15) is 37.3 Å². The van der Waals surface area contributed by atoms with Crippen LogP contribution < -0.4 is 15.5 Å². The van der Waals surface area contributed by atoms with Gasteiger partial charge in [0.25, 0.3) is 0 Å². The van der Waals surface area contributed by atoms with Crippen molar-refractivity contribution in [2.24, 2.45) is 0 Å². The van der Waals surface area contributed by atoms with Crippen LogP contribution in [0.2, 0.25) is 0 Å². The fraction of sp³-hybridized carbons (Fsp3) is 0.529. The molecule has 1 aliphatic carbocycles. The van der Waals surface area contributed by atoms with E-state index < -0.39 is 0 Å². The summed E-state index contributed by atoms with van der Waals surface area (Å²) in [5.74, 6) is -0.244. The van der Waals surface area contributed by atoms with E-state index in [1.807, 2.05) is 6.92 Å². The van der Waals surface area contributed by atoms with Crippen molar-refractivity contribution < 1.29 is 9.59 Å². The van der Waals surface area contributed by atoms with Crippen LogP contribution in [0.25, 0.3) is 0 Å². The maximum atomic E-state index is 12.3. The number of benzene rings is 1. The molecule has 1 atom stereocenters. The van der Waals surface area contributed by atoms with Crippen LogP contribution in [0.15, 0.2) is 18.2 Å². The molecule has 0 bridgehead atoms. The average molecular weight is 301 g/mol. The molecule has 2 N–H and O–H groups in total. The lowest BCUT2D eigenvalue weighted by atomic mass is 9.98. The summed E-state index contributed by atoms with van der Waals surface area (Å²) in [6.07, 6.45) is 4.10. The van der Waals surface area contributed by atoms with Gasteiger partial charge in [0.2, 0.25) is 5.91 Å². The van der Waals surface area contributed by atoms with Crippen LogP contribution >= 0.6 is 0 Å². The number of aryl methyl sites for hydroxylation is 2. The third-order valence-electron chi connectivity index (χ3n) is 4.39. The summed E-state index contributed by atoms with van der Waals surface area (Å²) < 4.78 is 0. The molecule has 0 spiro atoms. The lowest BCUT2D eigenvalue weighted by molar-refractivity contribution is -0.121. The topological polar surface area (TPSA) is 61.4 Å². The number of nitrogens with one attached hydrogen (secondary N) is 2. The van der Waals surface area contributed by atoms with E-state index in [9.17, 15) is 9.59 Å². The van der Waals surface area contributed by atoms with Gasteiger partial charge >= 0.3 is 6.03 Å². The second kappa shape index (κ2) is 5.99. The minimum Gasteiger partial charge on any atom is -0.360 e. The highest BCUT2D eigenvalue weighted by Crippen LogP contribution is 2.29. The normalized spacial score (nSPS) is 18.4. The van der Waals surface area contributed by atoms with E-state index in [4.69, 9.17) is 0 Å². The molecule has 3 rings (SSSR count). The molecule has 0 radical (unpaired) electrons. The number of carbonyl (C=O) groups is 2. The summed E-state index contributed by atoms with van der Waals surface area (Å²) in [6, 6.07) is 5.86. The number of rotatable bonds is 3. The highest BCUT2D eigenvalue weighted by Gasteiger charge is 2.28. The van der Waals surface area contributed by atoms with Crippen molar-refractivity contribution in [3.63, 3.8) is 0 Å². The molecule has 3 amide bonds. The minimum atomic E-state index is -0.375. The Labute approximate surface area is 131 Å². The lowest BCUT2D eigenvalue weighted by Crippen LogP contribution is -2.51.